The first-order chi connectivity index (χ1) is 14.8. The molecule has 0 radical (unpaired) electrons. The van der Waals surface area contributed by atoms with Gasteiger partial charge in [-0.1, -0.05) is 24.6 Å². The Morgan fingerprint density at radius 2 is 1.77 bits per heavy atom. The number of amides is 2. The Labute approximate surface area is 181 Å². The maximum atomic E-state index is 13.2. The molecule has 1 aliphatic heterocycles. The van der Waals surface area contributed by atoms with Crippen molar-refractivity contribution in [2.24, 2.45) is 0 Å². The van der Waals surface area contributed by atoms with Gasteiger partial charge >= 0.3 is 0 Å². The van der Waals surface area contributed by atoms with Gasteiger partial charge < -0.3 is 10.6 Å². The Morgan fingerprint density at radius 1 is 1.03 bits per heavy atom. The van der Waals surface area contributed by atoms with Crippen molar-refractivity contribution in [3.63, 3.8) is 0 Å². The molecule has 2 aromatic rings. The lowest BCUT2D eigenvalue weighted by atomic mass is 10.1. The molecule has 0 spiro atoms. The van der Waals surface area contributed by atoms with Gasteiger partial charge in [-0.15, -0.1) is 0 Å². The van der Waals surface area contributed by atoms with Gasteiger partial charge in [0.2, 0.25) is 21.8 Å². The topological polar surface area (TPSA) is 95.6 Å². The van der Waals surface area contributed by atoms with Crippen LogP contribution >= 0.6 is 0 Å². The van der Waals surface area contributed by atoms with E-state index in [2.05, 4.69) is 10.6 Å². The molecule has 2 aromatic carbocycles. The highest BCUT2D eigenvalue weighted by Crippen LogP contribution is 2.26. The van der Waals surface area contributed by atoms with E-state index in [1.165, 1.54) is 28.6 Å². The molecule has 31 heavy (non-hydrogen) atoms. The summed E-state index contributed by atoms with van der Waals surface area (Å²) in [6.45, 7) is 2.43. The third-order valence-corrected chi connectivity index (χ3v) is 7.15. The fourth-order valence-electron chi connectivity index (χ4n) is 3.48. The lowest BCUT2D eigenvalue weighted by molar-refractivity contribution is -0.123. The van der Waals surface area contributed by atoms with Crippen molar-refractivity contribution in [1.29, 1.82) is 0 Å². The van der Waals surface area contributed by atoms with Crippen molar-refractivity contribution in [3.05, 3.63) is 59.4 Å². The number of hydrogen-bond acceptors (Lipinski definition) is 4. The highest BCUT2D eigenvalue weighted by Gasteiger charge is 2.27. The molecule has 0 atom stereocenters. The van der Waals surface area contributed by atoms with Crippen molar-refractivity contribution < 1.29 is 22.4 Å². The maximum Gasteiger partial charge on any atom is 0.243 e. The minimum Gasteiger partial charge on any atom is -0.347 e. The van der Waals surface area contributed by atoms with E-state index < -0.39 is 27.7 Å². The molecular formula is C22H26FN3O4S. The molecular weight excluding hydrogens is 421 g/mol. The Hall–Kier alpha value is -2.78. The molecule has 0 unspecified atom stereocenters. The third-order valence-electron chi connectivity index (χ3n) is 5.10. The number of hydrogen-bond donors (Lipinski definition) is 2. The molecule has 0 bridgehead atoms. The van der Waals surface area contributed by atoms with Gasteiger partial charge in [0.15, 0.2) is 0 Å². The van der Waals surface area contributed by atoms with E-state index in [9.17, 15) is 22.4 Å². The molecule has 9 heteroatoms. The minimum absolute atomic E-state index is 0.0478. The quantitative estimate of drug-likeness (QED) is 0.682. The summed E-state index contributed by atoms with van der Waals surface area (Å²) in [6.07, 6.45) is 2.65. The van der Waals surface area contributed by atoms with E-state index >= 15 is 0 Å². The third kappa shape index (κ3) is 6.11. The van der Waals surface area contributed by atoms with E-state index in [0.717, 1.165) is 19.3 Å². The van der Waals surface area contributed by atoms with Crippen LogP contribution in [0.2, 0.25) is 0 Å². The first-order valence-electron chi connectivity index (χ1n) is 10.2. The van der Waals surface area contributed by atoms with E-state index in [4.69, 9.17) is 0 Å². The largest absolute Gasteiger partial charge is 0.347 e. The molecule has 1 aliphatic rings. The van der Waals surface area contributed by atoms with Crippen LogP contribution in [0.3, 0.4) is 0 Å². The average Bonchev–Trinajstić information content (AvgIpc) is 2.74. The van der Waals surface area contributed by atoms with Crippen molar-refractivity contribution in [1.82, 2.24) is 9.62 Å². The number of anilines is 1. The molecule has 1 fully saturated rings. The number of carbonyl (C=O) groups is 2. The van der Waals surface area contributed by atoms with E-state index in [1.807, 2.05) is 0 Å². The zero-order valence-electron chi connectivity index (χ0n) is 17.4. The van der Waals surface area contributed by atoms with Crippen molar-refractivity contribution >= 4 is 27.5 Å². The highest BCUT2D eigenvalue weighted by molar-refractivity contribution is 7.89. The molecule has 0 saturated carbocycles. The monoisotopic (exact) mass is 447 g/mol. The van der Waals surface area contributed by atoms with E-state index in [0.29, 0.717) is 29.9 Å². The number of benzene rings is 2. The zero-order chi connectivity index (χ0) is 22.4. The number of aryl methyl sites for hydroxylation is 1. The molecule has 1 heterocycles. The van der Waals surface area contributed by atoms with Crippen LogP contribution in [-0.4, -0.2) is 44.2 Å². The van der Waals surface area contributed by atoms with Gasteiger partial charge in [-0.3, -0.25) is 9.59 Å². The maximum absolute atomic E-state index is 13.2. The fraction of sp³-hybridized carbons (Fsp3) is 0.364. The van der Waals surface area contributed by atoms with Crippen LogP contribution in [0.15, 0.2) is 47.4 Å². The first kappa shape index (κ1) is 22.9. The van der Waals surface area contributed by atoms with Gasteiger partial charge in [0.05, 0.1) is 17.9 Å². The Bertz CT molecular complexity index is 1070. The number of rotatable bonds is 7. The molecule has 2 N–H and O–H groups in total. The number of carbonyl (C=O) groups excluding carboxylic acids is 2. The summed E-state index contributed by atoms with van der Waals surface area (Å²) in [5.74, 6) is -1.34. The molecule has 2 amide bonds. The lowest BCUT2D eigenvalue weighted by Gasteiger charge is -2.26. The Morgan fingerprint density at radius 3 is 2.48 bits per heavy atom. The van der Waals surface area contributed by atoms with Crippen molar-refractivity contribution in [2.45, 2.75) is 37.5 Å². The molecule has 3 rings (SSSR count). The van der Waals surface area contributed by atoms with Crippen LogP contribution in [0.4, 0.5) is 10.1 Å². The van der Waals surface area contributed by atoms with Gasteiger partial charge in [-0.05, 0) is 55.2 Å². The minimum atomic E-state index is -3.63. The second-order valence-electron chi connectivity index (χ2n) is 7.58. The van der Waals surface area contributed by atoms with Crippen LogP contribution < -0.4 is 10.6 Å². The van der Waals surface area contributed by atoms with Crippen LogP contribution in [-0.2, 0) is 26.0 Å². The van der Waals surface area contributed by atoms with E-state index in [-0.39, 0.29) is 17.9 Å². The summed E-state index contributed by atoms with van der Waals surface area (Å²) in [5, 5.41) is 5.09. The van der Waals surface area contributed by atoms with Gasteiger partial charge in [0, 0.05) is 18.8 Å². The van der Waals surface area contributed by atoms with Crippen molar-refractivity contribution in [3.8, 4) is 0 Å². The number of sulfonamides is 1. The van der Waals surface area contributed by atoms with Gasteiger partial charge in [0.1, 0.15) is 5.82 Å². The summed E-state index contributed by atoms with van der Waals surface area (Å²) < 4.78 is 40.7. The standard InChI is InChI=1S/C22H26FN3O4S/c1-16-8-9-19(14-20(16)31(29,30)26-10-3-2-4-11-26)25-22(28)15-24-21(27)13-17-6-5-7-18(23)12-17/h5-9,12,14H,2-4,10-11,13,15H2,1H3,(H,24,27)(H,25,28). The highest BCUT2D eigenvalue weighted by atomic mass is 32.2. The summed E-state index contributed by atoms with van der Waals surface area (Å²) in [5.41, 5.74) is 1.45. The number of halogens is 1. The SMILES string of the molecule is Cc1ccc(NC(=O)CNC(=O)Cc2cccc(F)c2)cc1S(=O)(=O)N1CCCCC1. The Kier molecular flexibility index (Phi) is 7.40. The number of nitrogens with one attached hydrogen (secondary N) is 2. The Balaban J connectivity index is 1.60. The predicted molar refractivity (Wildman–Crippen MR) is 116 cm³/mol. The predicted octanol–water partition coefficient (Wildman–Crippen LogP) is 2.61. The molecule has 0 aliphatic carbocycles. The van der Waals surface area contributed by atoms with Crippen LogP contribution in [0.25, 0.3) is 0 Å². The molecule has 166 valence electrons. The summed E-state index contributed by atoms with van der Waals surface area (Å²) in [4.78, 5) is 24.4. The molecule has 1 saturated heterocycles. The van der Waals surface area contributed by atoms with Crippen molar-refractivity contribution in [2.75, 3.05) is 25.0 Å². The average molecular weight is 448 g/mol. The fourth-order valence-corrected chi connectivity index (χ4v) is 5.25. The summed E-state index contributed by atoms with van der Waals surface area (Å²) in [6, 6.07) is 10.4. The molecule has 7 nitrogen and oxygen atoms in total. The normalized spacial score (nSPS) is 14.8. The van der Waals surface area contributed by atoms with Gasteiger partial charge in [-0.2, -0.15) is 4.31 Å². The van der Waals surface area contributed by atoms with Gasteiger partial charge in [-0.25, -0.2) is 12.8 Å². The number of nitrogens with zero attached hydrogens (tertiary/aromatic N) is 1. The van der Waals surface area contributed by atoms with Gasteiger partial charge in [0.25, 0.3) is 0 Å². The number of piperidine rings is 1. The smallest absolute Gasteiger partial charge is 0.243 e. The van der Waals surface area contributed by atoms with Crippen LogP contribution in [0, 0.1) is 12.7 Å². The van der Waals surface area contributed by atoms with Crippen LogP contribution in [0.5, 0.6) is 0 Å². The van der Waals surface area contributed by atoms with Crippen LogP contribution in [0.1, 0.15) is 30.4 Å². The van der Waals surface area contributed by atoms with E-state index in [1.54, 1.807) is 25.1 Å². The zero-order valence-corrected chi connectivity index (χ0v) is 18.2. The summed E-state index contributed by atoms with van der Waals surface area (Å²) >= 11 is 0. The second-order valence-corrected chi connectivity index (χ2v) is 9.48. The summed E-state index contributed by atoms with van der Waals surface area (Å²) in [7, 11) is -3.63. The second kappa shape index (κ2) is 10.0. The first-order valence-corrected chi connectivity index (χ1v) is 11.6. The lowest BCUT2D eigenvalue weighted by Crippen LogP contribution is -2.36. The molecule has 0 aromatic heterocycles.